The van der Waals surface area contributed by atoms with Crippen molar-refractivity contribution in [2.45, 2.75) is 12.7 Å². The van der Waals surface area contributed by atoms with Crippen LogP contribution in [0.25, 0.3) is 0 Å². The molecule has 0 radical (unpaired) electrons. The molecule has 8 heteroatoms. The van der Waals surface area contributed by atoms with Gasteiger partial charge in [0.1, 0.15) is 5.69 Å². The molecule has 0 unspecified atom stereocenters. The Hall–Kier alpha value is -2.45. The van der Waals surface area contributed by atoms with Gasteiger partial charge in [0, 0.05) is 17.8 Å². The van der Waals surface area contributed by atoms with Crippen molar-refractivity contribution in [3.05, 3.63) is 70.4 Å². The molecule has 0 saturated carbocycles. The van der Waals surface area contributed by atoms with Gasteiger partial charge in [0.25, 0.3) is 5.91 Å². The highest BCUT2D eigenvalue weighted by Crippen LogP contribution is 2.17. The van der Waals surface area contributed by atoms with Gasteiger partial charge in [-0.05, 0) is 24.1 Å². The third-order valence-electron chi connectivity index (χ3n) is 3.51. The van der Waals surface area contributed by atoms with Crippen molar-refractivity contribution in [3.8, 4) is 0 Å². The number of hydrogen-bond acceptors (Lipinski definition) is 5. The Kier molecular flexibility index (Phi) is 4.50. The summed E-state index contributed by atoms with van der Waals surface area (Å²) in [7, 11) is -3.55. The molecular formula is C16H15N3O3S2. The van der Waals surface area contributed by atoms with E-state index in [0.717, 1.165) is 15.1 Å². The van der Waals surface area contributed by atoms with Crippen LogP contribution >= 0.6 is 11.3 Å². The number of aryl methyl sites for hydroxylation is 1. The van der Waals surface area contributed by atoms with Crippen LogP contribution in [0.3, 0.4) is 0 Å². The normalized spacial score (nSPS) is 11.4. The molecule has 3 aromatic rings. The molecule has 2 aromatic heterocycles. The Morgan fingerprint density at radius 2 is 2.08 bits per heavy atom. The summed E-state index contributed by atoms with van der Waals surface area (Å²) in [5.74, 6) is -0.473. The van der Waals surface area contributed by atoms with Crippen LogP contribution in [-0.2, 0) is 15.8 Å². The minimum absolute atomic E-state index is 0.103. The van der Waals surface area contributed by atoms with E-state index >= 15 is 0 Å². The molecule has 0 spiro atoms. The summed E-state index contributed by atoms with van der Waals surface area (Å²) in [6, 6.07) is 8.89. The monoisotopic (exact) mass is 361 g/mol. The smallest absolute Gasteiger partial charge is 0.275 e. The molecular weight excluding hydrogens is 346 g/mol. The van der Waals surface area contributed by atoms with E-state index in [4.69, 9.17) is 0 Å². The maximum atomic E-state index is 12.5. The summed E-state index contributed by atoms with van der Waals surface area (Å²) < 4.78 is 26.2. The molecule has 24 heavy (non-hydrogen) atoms. The highest BCUT2D eigenvalue weighted by Gasteiger charge is 2.16. The van der Waals surface area contributed by atoms with Gasteiger partial charge in [0.05, 0.1) is 17.0 Å². The van der Waals surface area contributed by atoms with Gasteiger partial charge in [-0.3, -0.25) is 8.77 Å². The lowest BCUT2D eigenvalue weighted by molar-refractivity contribution is 0.102. The summed E-state index contributed by atoms with van der Waals surface area (Å²) in [5.41, 5.74) is 3.94. The molecule has 0 saturated heterocycles. The Labute approximate surface area is 143 Å². The number of nitrogens with one attached hydrogen (secondary N) is 1. The van der Waals surface area contributed by atoms with Gasteiger partial charge in [-0.2, -0.15) is 0 Å². The standard InChI is InChI=1S/C16H15N3O3S2/c1-12-4-2-3-5-13(12)10-24(21,22)19-7-6-14(8-19)18-16(20)15-9-23-11-17-15/h2-9,11H,10H2,1H3,(H,18,20). The molecule has 2 heterocycles. The molecule has 3 rings (SSSR count). The Morgan fingerprint density at radius 3 is 2.79 bits per heavy atom. The molecule has 0 fully saturated rings. The van der Waals surface area contributed by atoms with Crippen LogP contribution in [0.4, 0.5) is 5.69 Å². The second-order valence-electron chi connectivity index (χ2n) is 5.24. The second-order valence-corrected chi connectivity index (χ2v) is 7.83. The summed E-state index contributed by atoms with van der Waals surface area (Å²) in [6.45, 7) is 1.88. The van der Waals surface area contributed by atoms with Crippen LogP contribution in [-0.4, -0.2) is 23.3 Å². The zero-order valence-electron chi connectivity index (χ0n) is 12.8. The van der Waals surface area contributed by atoms with Crippen LogP contribution in [0, 0.1) is 6.92 Å². The lowest BCUT2D eigenvalue weighted by Gasteiger charge is -2.08. The third kappa shape index (κ3) is 3.55. The molecule has 6 nitrogen and oxygen atoms in total. The number of hydrogen-bond donors (Lipinski definition) is 1. The van der Waals surface area contributed by atoms with E-state index in [9.17, 15) is 13.2 Å². The molecule has 0 aliphatic rings. The van der Waals surface area contributed by atoms with Gasteiger partial charge < -0.3 is 5.32 Å². The SMILES string of the molecule is Cc1ccccc1CS(=O)(=O)n1ccc(NC(=O)c2cscn2)c1. The average Bonchev–Trinajstić information content (AvgIpc) is 3.20. The molecule has 0 bridgehead atoms. The summed E-state index contributed by atoms with van der Waals surface area (Å²) in [6.07, 6.45) is 2.81. The second kappa shape index (κ2) is 6.58. The predicted molar refractivity (Wildman–Crippen MR) is 93.7 cm³/mol. The lowest BCUT2D eigenvalue weighted by Crippen LogP contribution is -2.15. The van der Waals surface area contributed by atoms with Crippen LogP contribution in [0.15, 0.2) is 53.6 Å². The van der Waals surface area contributed by atoms with Crippen LogP contribution in [0.1, 0.15) is 21.6 Å². The molecule has 124 valence electrons. The van der Waals surface area contributed by atoms with Gasteiger partial charge in [0.2, 0.25) is 10.0 Å². The van der Waals surface area contributed by atoms with Crippen molar-refractivity contribution < 1.29 is 13.2 Å². The Balaban J connectivity index is 1.77. The summed E-state index contributed by atoms with van der Waals surface area (Å²) >= 11 is 1.32. The zero-order chi connectivity index (χ0) is 17.2. The number of benzene rings is 1. The van der Waals surface area contributed by atoms with Crippen molar-refractivity contribution in [2.24, 2.45) is 0 Å². The zero-order valence-corrected chi connectivity index (χ0v) is 14.5. The number of aromatic nitrogens is 2. The minimum Gasteiger partial charge on any atom is -0.319 e. The maximum Gasteiger partial charge on any atom is 0.275 e. The van der Waals surface area contributed by atoms with Crippen molar-refractivity contribution in [2.75, 3.05) is 5.32 Å². The van der Waals surface area contributed by atoms with E-state index < -0.39 is 10.0 Å². The Morgan fingerprint density at radius 1 is 1.29 bits per heavy atom. The number of thiazole rings is 1. The summed E-state index contributed by atoms with van der Waals surface area (Å²) in [5, 5.41) is 4.26. The van der Waals surface area contributed by atoms with Crippen molar-refractivity contribution in [3.63, 3.8) is 0 Å². The first-order chi connectivity index (χ1) is 11.5. The quantitative estimate of drug-likeness (QED) is 0.758. The number of anilines is 1. The summed E-state index contributed by atoms with van der Waals surface area (Å²) in [4.78, 5) is 15.9. The molecule has 0 atom stereocenters. The van der Waals surface area contributed by atoms with Gasteiger partial charge in [-0.15, -0.1) is 11.3 Å². The molecule has 0 aliphatic heterocycles. The van der Waals surface area contributed by atoms with Crippen molar-refractivity contribution in [1.29, 1.82) is 0 Å². The van der Waals surface area contributed by atoms with E-state index in [1.54, 1.807) is 23.0 Å². The van der Waals surface area contributed by atoms with E-state index in [-0.39, 0.29) is 11.7 Å². The van der Waals surface area contributed by atoms with E-state index in [1.165, 1.54) is 23.7 Å². The number of amides is 1. The molecule has 1 N–H and O–H groups in total. The largest absolute Gasteiger partial charge is 0.319 e. The average molecular weight is 361 g/mol. The van der Waals surface area contributed by atoms with Gasteiger partial charge >= 0.3 is 0 Å². The van der Waals surface area contributed by atoms with Crippen LogP contribution in [0.5, 0.6) is 0 Å². The molecule has 1 amide bonds. The van der Waals surface area contributed by atoms with Gasteiger partial charge in [-0.25, -0.2) is 13.4 Å². The van der Waals surface area contributed by atoms with E-state index in [1.807, 2.05) is 25.1 Å². The van der Waals surface area contributed by atoms with E-state index in [0.29, 0.717) is 11.4 Å². The topological polar surface area (TPSA) is 81.1 Å². The third-order valence-corrected chi connectivity index (χ3v) is 5.64. The number of carbonyl (C=O) groups excluding carboxylic acids is 1. The lowest BCUT2D eigenvalue weighted by atomic mass is 10.1. The fraction of sp³-hybridized carbons (Fsp3) is 0.125. The fourth-order valence-corrected chi connectivity index (χ4v) is 4.11. The minimum atomic E-state index is -3.55. The van der Waals surface area contributed by atoms with Gasteiger partial charge in [0.15, 0.2) is 0 Å². The first-order valence-corrected chi connectivity index (χ1v) is 9.66. The highest BCUT2D eigenvalue weighted by molar-refractivity contribution is 7.89. The van der Waals surface area contributed by atoms with Crippen molar-refractivity contribution in [1.82, 2.24) is 8.96 Å². The number of rotatable bonds is 5. The molecule has 1 aromatic carbocycles. The highest BCUT2D eigenvalue weighted by atomic mass is 32.2. The Bertz CT molecular complexity index is 960. The fourth-order valence-electron chi connectivity index (χ4n) is 2.19. The van der Waals surface area contributed by atoms with Crippen LogP contribution in [0.2, 0.25) is 0 Å². The molecule has 0 aliphatic carbocycles. The first kappa shape index (κ1) is 16.4. The van der Waals surface area contributed by atoms with Crippen molar-refractivity contribution >= 4 is 33.0 Å². The number of carbonyl (C=O) groups is 1. The number of nitrogens with zero attached hydrogens (tertiary/aromatic N) is 2. The maximum absolute atomic E-state index is 12.5. The first-order valence-electron chi connectivity index (χ1n) is 7.11. The van der Waals surface area contributed by atoms with Gasteiger partial charge in [-0.1, -0.05) is 24.3 Å². The van der Waals surface area contributed by atoms with Crippen LogP contribution < -0.4 is 5.32 Å². The van der Waals surface area contributed by atoms with E-state index in [2.05, 4.69) is 10.3 Å². The predicted octanol–water partition coefficient (Wildman–Crippen LogP) is 2.88.